The van der Waals surface area contributed by atoms with Crippen molar-refractivity contribution in [1.82, 2.24) is 10.3 Å². The van der Waals surface area contributed by atoms with Crippen molar-refractivity contribution in [2.45, 2.75) is 32.7 Å². The second-order valence-corrected chi connectivity index (χ2v) is 4.96. The van der Waals surface area contributed by atoms with E-state index in [1.807, 2.05) is 13.8 Å². The topological polar surface area (TPSA) is 68.3 Å². The second kappa shape index (κ2) is 7.89. The molecule has 0 aliphatic heterocycles. The lowest BCUT2D eigenvalue weighted by molar-refractivity contribution is -0.125. The van der Waals surface area contributed by atoms with E-state index < -0.39 is 5.97 Å². The SMILES string of the molecule is CCC(CC)NC(=O)COC(=O)c1cncc(Br)c1. The van der Waals surface area contributed by atoms with Crippen molar-refractivity contribution in [3.8, 4) is 0 Å². The summed E-state index contributed by atoms with van der Waals surface area (Å²) in [4.78, 5) is 27.1. The summed E-state index contributed by atoms with van der Waals surface area (Å²) in [6.07, 6.45) is 4.67. The van der Waals surface area contributed by atoms with Crippen LogP contribution in [0, 0.1) is 0 Å². The maximum Gasteiger partial charge on any atom is 0.340 e. The van der Waals surface area contributed by atoms with Crippen LogP contribution in [0.3, 0.4) is 0 Å². The fourth-order valence-corrected chi connectivity index (χ4v) is 1.86. The van der Waals surface area contributed by atoms with E-state index in [0.29, 0.717) is 10.0 Å². The summed E-state index contributed by atoms with van der Waals surface area (Å²) in [5.74, 6) is -0.849. The highest BCUT2D eigenvalue weighted by Gasteiger charge is 2.13. The van der Waals surface area contributed by atoms with Gasteiger partial charge in [-0.2, -0.15) is 0 Å². The number of aromatic nitrogens is 1. The zero-order valence-electron chi connectivity index (χ0n) is 11.0. The van der Waals surface area contributed by atoms with Crippen LogP contribution in [0.2, 0.25) is 0 Å². The van der Waals surface area contributed by atoms with E-state index in [9.17, 15) is 9.59 Å². The molecule has 0 atom stereocenters. The molecule has 19 heavy (non-hydrogen) atoms. The van der Waals surface area contributed by atoms with Crippen LogP contribution in [-0.4, -0.2) is 29.5 Å². The molecule has 5 nitrogen and oxygen atoms in total. The van der Waals surface area contributed by atoms with E-state index in [1.54, 1.807) is 12.3 Å². The Hall–Kier alpha value is -1.43. The van der Waals surface area contributed by atoms with Crippen molar-refractivity contribution >= 4 is 27.8 Å². The molecule has 0 aliphatic carbocycles. The molecule has 0 saturated heterocycles. The predicted octanol–water partition coefficient (Wildman–Crippen LogP) is 2.31. The Morgan fingerprint density at radius 1 is 1.37 bits per heavy atom. The Morgan fingerprint density at radius 3 is 2.63 bits per heavy atom. The third kappa shape index (κ3) is 5.38. The van der Waals surface area contributed by atoms with Crippen molar-refractivity contribution in [3.63, 3.8) is 0 Å². The summed E-state index contributed by atoms with van der Waals surface area (Å²) in [6.45, 7) is 3.71. The van der Waals surface area contributed by atoms with Crippen molar-refractivity contribution in [1.29, 1.82) is 0 Å². The Balaban J connectivity index is 2.44. The summed E-state index contributed by atoms with van der Waals surface area (Å²) in [5.41, 5.74) is 0.310. The van der Waals surface area contributed by atoms with E-state index in [-0.39, 0.29) is 18.6 Å². The van der Waals surface area contributed by atoms with Gasteiger partial charge in [0.1, 0.15) is 0 Å². The molecule has 0 aromatic carbocycles. The zero-order valence-corrected chi connectivity index (χ0v) is 12.6. The Labute approximate surface area is 120 Å². The lowest BCUT2D eigenvalue weighted by Gasteiger charge is -2.14. The van der Waals surface area contributed by atoms with Gasteiger partial charge < -0.3 is 10.1 Å². The van der Waals surface area contributed by atoms with Crippen LogP contribution in [0.4, 0.5) is 0 Å². The van der Waals surface area contributed by atoms with Crippen LogP contribution in [0.25, 0.3) is 0 Å². The minimum absolute atomic E-state index is 0.124. The number of pyridine rings is 1. The molecule has 1 aromatic rings. The zero-order chi connectivity index (χ0) is 14.3. The molecule has 104 valence electrons. The number of hydrogen-bond acceptors (Lipinski definition) is 4. The van der Waals surface area contributed by atoms with Crippen molar-refractivity contribution in [2.24, 2.45) is 0 Å². The number of nitrogens with one attached hydrogen (secondary N) is 1. The van der Waals surface area contributed by atoms with Gasteiger partial charge >= 0.3 is 5.97 Å². The third-order valence-corrected chi connectivity index (χ3v) is 3.06. The van der Waals surface area contributed by atoms with Gasteiger partial charge in [-0.15, -0.1) is 0 Å². The number of halogens is 1. The van der Waals surface area contributed by atoms with Gasteiger partial charge in [0.05, 0.1) is 5.56 Å². The van der Waals surface area contributed by atoms with E-state index in [1.165, 1.54) is 6.20 Å². The Bertz CT molecular complexity index is 447. The largest absolute Gasteiger partial charge is 0.452 e. The number of esters is 1. The summed E-state index contributed by atoms with van der Waals surface area (Å²) in [5, 5.41) is 2.79. The first kappa shape index (κ1) is 15.6. The molecule has 1 aromatic heterocycles. The maximum atomic E-state index is 11.7. The minimum atomic E-state index is -0.562. The molecule has 0 saturated carbocycles. The number of nitrogens with zero attached hydrogens (tertiary/aromatic N) is 1. The van der Waals surface area contributed by atoms with Crippen LogP contribution < -0.4 is 5.32 Å². The average molecular weight is 329 g/mol. The standard InChI is InChI=1S/C13H17BrN2O3/c1-3-11(4-2)16-12(17)8-19-13(18)9-5-10(14)7-15-6-9/h5-7,11H,3-4,8H2,1-2H3,(H,16,17). The highest BCUT2D eigenvalue weighted by atomic mass is 79.9. The summed E-state index contributed by atoms with van der Waals surface area (Å²) >= 11 is 3.21. The molecule has 1 amide bonds. The fourth-order valence-electron chi connectivity index (χ4n) is 1.50. The number of carbonyl (C=O) groups is 2. The molecule has 0 radical (unpaired) electrons. The van der Waals surface area contributed by atoms with Gasteiger partial charge in [-0.25, -0.2) is 4.79 Å². The van der Waals surface area contributed by atoms with Gasteiger partial charge in [0.25, 0.3) is 5.91 Å². The van der Waals surface area contributed by atoms with E-state index in [0.717, 1.165) is 12.8 Å². The molecule has 0 bridgehead atoms. The average Bonchev–Trinajstić information content (AvgIpc) is 2.42. The second-order valence-electron chi connectivity index (χ2n) is 4.05. The van der Waals surface area contributed by atoms with Crippen LogP contribution in [0.1, 0.15) is 37.0 Å². The number of ether oxygens (including phenoxy) is 1. The number of hydrogen-bond donors (Lipinski definition) is 1. The predicted molar refractivity (Wildman–Crippen MR) is 74.7 cm³/mol. The molecule has 1 rings (SSSR count). The lowest BCUT2D eigenvalue weighted by atomic mass is 10.2. The van der Waals surface area contributed by atoms with Gasteiger partial charge in [0, 0.05) is 22.9 Å². The van der Waals surface area contributed by atoms with Gasteiger partial charge in [-0.1, -0.05) is 13.8 Å². The molecular weight excluding hydrogens is 312 g/mol. The molecule has 6 heteroatoms. The highest BCUT2D eigenvalue weighted by molar-refractivity contribution is 9.10. The third-order valence-electron chi connectivity index (χ3n) is 2.63. The smallest absolute Gasteiger partial charge is 0.340 e. The molecule has 0 fully saturated rings. The van der Waals surface area contributed by atoms with Gasteiger partial charge in [-0.05, 0) is 34.8 Å². The Morgan fingerprint density at radius 2 is 2.05 bits per heavy atom. The van der Waals surface area contributed by atoms with E-state index in [2.05, 4.69) is 26.2 Å². The monoisotopic (exact) mass is 328 g/mol. The molecule has 0 aliphatic rings. The minimum Gasteiger partial charge on any atom is -0.452 e. The van der Waals surface area contributed by atoms with Crippen LogP contribution in [0.15, 0.2) is 22.9 Å². The first-order valence-electron chi connectivity index (χ1n) is 6.13. The first-order valence-corrected chi connectivity index (χ1v) is 6.93. The van der Waals surface area contributed by atoms with Gasteiger partial charge in [0.15, 0.2) is 6.61 Å². The van der Waals surface area contributed by atoms with Crippen LogP contribution in [0.5, 0.6) is 0 Å². The Kier molecular flexibility index (Phi) is 6.49. The molecular formula is C13H17BrN2O3. The lowest BCUT2D eigenvalue weighted by Crippen LogP contribution is -2.36. The quantitative estimate of drug-likeness (QED) is 0.813. The van der Waals surface area contributed by atoms with Gasteiger partial charge in [-0.3, -0.25) is 9.78 Å². The number of amides is 1. The highest BCUT2D eigenvalue weighted by Crippen LogP contribution is 2.10. The van der Waals surface area contributed by atoms with Crippen LogP contribution >= 0.6 is 15.9 Å². The number of carbonyl (C=O) groups excluding carboxylic acids is 2. The number of rotatable bonds is 6. The van der Waals surface area contributed by atoms with E-state index in [4.69, 9.17) is 4.74 Å². The summed E-state index contributed by atoms with van der Waals surface area (Å²) < 4.78 is 5.61. The van der Waals surface area contributed by atoms with Crippen LogP contribution in [-0.2, 0) is 9.53 Å². The molecule has 1 N–H and O–H groups in total. The summed E-state index contributed by atoms with van der Waals surface area (Å²) in [6, 6.07) is 1.72. The van der Waals surface area contributed by atoms with E-state index >= 15 is 0 Å². The van der Waals surface area contributed by atoms with Crippen molar-refractivity contribution in [2.75, 3.05) is 6.61 Å². The molecule has 0 unspecified atom stereocenters. The molecule has 1 heterocycles. The fraction of sp³-hybridized carbons (Fsp3) is 0.462. The molecule has 0 spiro atoms. The van der Waals surface area contributed by atoms with Gasteiger partial charge in [0.2, 0.25) is 0 Å². The maximum absolute atomic E-state index is 11.7. The van der Waals surface area contributed by atoms with Crippen molar-refractivity contribution in [3.05, 3.63) is 28.5 Å². The first-order chi connectivity index (χ1) is 9.06. The summed E-state index contributed by atoms with van der Waals surface area (Å²) in [7, 11) is 0. The normalized spacial score (nSPS) is 10.3. The van der Waals surface area contributed by atoms with Crippen molar-refractivity contribution < 1.29 is 14.3 Å².